The lowest BCUT2D eigenvalue weighted by molar-refractivity contribution is -0.130. The summed E-state index contributed by atoms with van der Waals surface area (Å²) in [7, 11) is 1.82. The summed E-state index contributed by atoms with van der Waals surface area (Å²) in [4.78, 5) is 13.9. The lowest BCUT2D eigenvalue weighted by atomic mass is 10.1. The molecule has 0 spiro atoms. The summed E-state index contributed by atoms with van der Waals surface area (Å²) in [6.07, 6.45) is 2.59. The van der Waals surface area contributed by atoms with Crippen molar-refractivity contribution in [2.75, 3.05) is 7.05 Å². The van der Waals surface area contributed by atoms with Crippen molar-refractivity contribution >= 4 is 23.1 Å². The second-order valence-electron chi connectivity index (χ2n) is 4.42. The van der Waals surface area contributed by atoms with Crippen LogP contribution < -0.4 is 5.73 Å². The van der Waals surface area contributed by atoms with Gasteiger partial charge in [0.05, 0.1) is 0 Å². The first-order valence-electron chi connectivity index (χ1n) is 6.17. The Kier molecular flexibility index (Phi) is 5.78. The molecule has 0 saturated heterocycles. The maximum Gasteiger partial charge on any atom is 0.222 e. The zero-order valence-electron chi connectivity index (χ0n) is 11.0. The van der Waals surface area contributed by atoms with Crippen molar-refractivity contribution in [1.82, 2.24) is 4.90 Å². The summed E-state index contributed by atoms with van der Waals surface area (Å²) >= 11 is 4.94. The zero-order valence-corrected chi connectivity index (χ0v) is 11.8. The lowest BCUT2D eigenvalue weighted by Gasteiger charge is -2.17. The van der Waals surface area contributed by atoms with Gasteiger partial charge in [-0.15, -0.1) is 0 Å². The molecule has 0 unspecified atom stereocenters. The molecule has 4 heteroatoms. The summed E-state index contributed by atoms with van der Waals surface area (Å²) in [5, 5.41) is 0. The van der Waals surface area contributed by atoms with Crippen molar-refractivity contribution in [2.45, 2.75) is 32.7 Å². The third-order valence-corrected chi connectivity index (χ3v) is 3.04. The van der Waals surface area contributed by atoms with Crippen LogP contribution in [0.1, 0.15) is 37.3 Å². The van der Waals surface area contributed by atoms with Crippen LogP contribution in [-0.2, 0) is 11.3 Å². The van der Waals surface area contributed by atoms with E-state index in [9.17, 15) is 4.79 Å². The van der Waals surface area contributed by atoms with Gasteiger partial charge in [0.25, 0.3) is 0 Å². The van der Waals surface area contributed by atoms with Crippen LogP contribution in [0.5, 0.6) is 0 Å². The quantitative estimate of drug-likeness (QED) is 0.803. The van der Waals surface area contributed by atoms with Gasteiger partial charge in [-0.25, -0.2) is 0 Å². The van der Waals surface area contributed by atoms with Gasteiger partial charge in [0.2, 0.25) is 5.91 Å². The Morgan fingerprint density at radius 1 is 1.44 bits per heavy atom. The molecule has 0 fully saturated rings. The molecular weight excluding hydrogens is 244 g/mol. The van der Waals surface area contributed by atoms with Gasteiger partial charge in [-0.05, 0) is 18.1 Å². The van der Waals surface area contributed by atoms with Gasteiger partial charge >= 0.3 is 0 Å². The van der Waals surface area contributed by atoms with E-state index in [1.807, 2.05) is 31.3 Å². The average Bonchev–Trinajstić information content (AvgIpc) is 2.36. The summed E-state index contributed by atoms with van der Waals surface area (Å²) in [6, 6.07) is 7.70. The molecule has 0 atom stereocenters. The molecule has 1 amide bonds. The molecule has 1 aromatic carbocycles. The number of carbonyl (C=O) groups is 1. The maximum absolute atomic E-state index is 11.8. The van der Waals surface area contributed by atoms with Crippen molar-refractivity contribution in [2.24, 2.45) is 5.73 Å². The van der Waals surface area contributed by atoms with E-state index in [4.69, 9.17) is 18.0 Å². The van der Waals surface area contributed by atoms with Crippen LogP contribution >= 0.6 is 12.2 Å². The molecule has 0 aliphatic carbocycles. The highest BCUT2D eigenvalue weighted by Crippen LogP contribution is 2.09. The molecule has 0 bridgehead atoms. The van der Waals surface area contributed by atoms with E-state index in [-0.39, 0.29) is 5.91 Å². The monoisotopic (exact) mass is 264 g/mol. The second-order valence-corrected chi connectivity index (χ2v) is 4.86. The van der Waals surface area contributed by atoms with Crippen LogP contribution in [0.15, 0.2) is 24.3 Å². The number of amides is 1. The fourth-order valence-corrected chi connectivity index (χ4v) is 1.83. The van der Waals surface area contributed by atoms with E-state index < -0.39 is 0 Å². The fraction of sp³-hybridized carbons (Fsp3) is 0.429. The van der Waals surface area contributed by atoms with Crippen LogP contribution in [0.2, 0.25) is 0 Å². The van der Waals surface area contributed by atoms with Crippen LogP contribution in [0.3, 0.4) is 0 Å². The van der Waals surface area contributed by atoms with Gasteiger partial charge < -0.3 is 10.6 Å². The maximum atomic E-state index is 11.8. The fourth-order valence-electron chi connectivity index (χ4n) is 1.70. The van der Waals surface area contributed by atoms with Crippen molar-refractivity contribution in [3.8, 4) is 0 Å². The number of hydrogen-bond donors (Lipinski definition) is 1. The number of rotatable bonds is 6. The predicted octanol–water partition coefficient (Wildman–Crippen LogP) is 2.47. The molecule has 0 radical (unpaired) electrons. The van der Waals surface area contributed by atoms with E-state index in [0.29, 0.717) is 18.0 Å². The Bertz CT molecular complexity index is 432. The normalized spacial score (nSPS) is 10.1. The molecule has 0 aliphatic heterocycles. The molecule has 0 heterocycles. The van der Waals surface area contributed by atoms with Crippen molar-refractivity contribution in [3.05, 3.63) is 35.4 Å². The molecule has 98 valence electrons. The Morgan fingerprint density at radius 2 is 2.17 bits per heavy atom. The molecule has 2 N–H and O–H groups in total. The number of benzene rings is 1. The van der Waals surface area contributed by atoms with Gasteiger partial charge in [0.15, 0.2) is 0 Å². The lowest BCUT2D eigenvalue weighted by Crippen LogP contribution is -2.26. The molecule has 1 rings (SSSR count). The highest BCUT2D eigenvalue weighted by Gasteiger charge is 2.08. The second kappa shape index (κ2) is 7.11. The average molecular weight is 264 g/mol. The minimum absolute atomic E-state index is 0.178. The van der Waals surface area contributed by atoms with E-state index in [1.54, 1.807) is 4.90 Å². The van der Waals surface area contributed by atoms with E-state index >= 15 is 0 Å². The van der Waals surface area contributed by atoms with Crippen LogP contribution in [0.4, 0.5) is 0 Å². The zero-order chi connectivity index (χ0) is 13.5. The first-order chi connectivity index (χ1) is 8.54. The molecule has 0 aliphatic rings. The Balaban J connectivity index is 2.63. The third kappa shape index (κ3) is 4.45. The van der Waals surface area contributed by atoms with Crippen LogP contribution in [0.25, 0.3) is 0 Å². The van der Waals surface area contributed by atoms with E-state index in [1.165, 1.54) is 0 Å². The number of nitrogens with zero attached hydrogens (tertiary/aromatic N) is 1. The molecule has 3 nitrogen and oxygen atoms in total. The predicted molar refractivity (Wildman–Crippen MR) is 78.3 cm³/mol. The molecule has 0 saturated carbocycles. The Morgan fingerprint density at radius 3 is 2.78 bits per heavy atom. The highest BCUT2D eigenvalue weighted by molar-refractivity contribution is 7.80. The standard InChI is InChI=1S/C14H20N2OS/c1-3-4-8-13(17)16(2)10-11-6-5-7-12(9-11)14(15)18/h5-7,9H,3-4,8,10H2,1-2H3,(H2,15,18). The summed E-state index contributed by atoms with van der Waals surface area (Å²) in [6.45, 7) is 2.68. The summed E-state index contributed by atoms with van der Waals surface area (Å²) < 4.78 is 0. The van der Waals surface area contributed by atoms with Gasteiger partial charge in [0, 0.05) is 25.6 Å². The first-order valence-corrected chi connectivity index (χ1v) is 6.58. The topological polar surface area (TPSA) is 46.3 Å². The minimum atomic E-state index is 0.178. The smallest absolute Gasteiger partial charge is 0.222 e. The molecular formula is C14H20N2OS. The number of unbranched alkanes of at least 4 members (excludes halogenated alkanes) is 1. The summed E-state index contributed by atoms with van der Waals surface area (Å²) in [5.41, 5.74) is 7.48. The number of nitrogens with two attached hydrogens (primary N) is 1. The van der Waals surface area contributed by atoms with E-state index in [2.05, 4.69) is 6.92 Å². The number of hydrogen-bond acceptors (Lipinski definition) is 2. The van der Waals surface area contributed by atoms with Gasteiger partial charge in [-0.1, -0.05) is 43.8 Å². The summed E-state index contributed by atoms with van der Waals surface area (Å²) in [5.74, 6) is 0.178. The van der Waals surface area contributed by atoms with Gasteiger partial charge in [-0.2, -0.15) is 0 Å². The third-order valence-electron chi connectivity index (χ3n) is 2.80. The van der Waals surface area contributed by atoms with Crippen LogP contribution in [0, 0.1) is 0 Å². The first kappa shape index (κ1) is 14.6. The largest absolute Gasteiger partial charge is 0.389 e. The Labute approximate surface area is 114 Å². The minimum Gasteiger partial charge on any atom is -0.389 e. The van der Waals surface area contributed by atoms with Crippen molar-refractivity contribution in [1.29, 1.82) is 0 Å². The molecule has 1 aromatic rings. The molecule has 0 aromatic heterocycles. The van der Waals surface area contributed by atoms with Gasteiger partial charge in [-0.3, -0.25) is 4.79 Å². The molecule has 18 heavy (non-hydrogen) atoms. The Hall–Kier alpha value is -1.42. The highest BCUT2D eigenvalue weighted by atomic mass is 32.1. The number of thiocarbonyl (C=S) groups is 1. The van der Waals surface area contributed by atoms with E-state index in [0.717, 1.165) is 24.0 Å². The van der Waals surface area contributed by atoms with Gasteiger partial charge in [0.1, 0.15) is 4.99 Å². The van der Waals surface area contributed by atoms with Crippen molar-refractivity contribution in [3.63, 3.8) is 0 Å². The number of carbonyl (C=O) groups excluding carboxylic acids is 1. The SMILES string of the molecule is CCCCC(=O)N(C)Cc1cccc(C(N)=S)c1. The van der Waals surface area contributed by atoms with Crippen LogP contribution in [-0.4, -0.2) is 22.8 Å². The van der Waals surface area contributed by atoms with Crippen molar-refractivity contribution < 1.29 is 4.79 Å².